The molecule has 2 aromatic heterocycles. The van der Waals surface area contributed by atoms with Crippen LogP contribution in [-0.2, 0) is 19.6 Å². The number of thiophene rings is 1. The molecule has 108 valence electrons. The first-order valence-corrected chi connectivity index (χ1v) is 7.87. The van der Waals surface area contributed by atoms with Crippen LogP contribution in [0.5, 0.6) is 0 Å². The van der Waals surface area contributed by atoms with E-state index in [-0.39, 0.29) is 0 Å². The Morgan fingerprint density at radius 1 is 1.15 bits per heavy atom. The predicted molar refractivity (Wildman–Crippen MR) is 85.7 cm³/mol. The maximum atomic E-state index is 4.19. The molecule has 0 aliphatic rings. The molecule has 0 saturated heterocycles. The summed E-state index contributed by atoms with van der Waals surface area (Å²) in [6, 6.07) is 6.47. The molecule has 20 heavy (non-hydrogen) atoms. The van der Waals surface area contributed by atoms with E-state index in [0.717, 1.165) is 26.2 Å². The molecular weight excluding hydrogens is 266 g/mol. The second-order valence-corrected chi connectivity index (χ2v) is 6.32. The van der Waals surface area contributed by atoms with E-state index in [1.54, 1.807) is 0 Å². The number of pyridine rings is 1. The molecule has 0 fully saturated rings. The molecule has 4 heteroatoms. The highest BCUT2D eigenvalue weighted by Gasteiger charge is 2.07. The third kappa shape index (κ3) is 4.71. The third-order valence-corrected chi connectivity index (χ3v) is 4.13. The Labute approximate surface area is 125 Å². The van der Waals surface area contributed by atoms with Crippen LogP contribution in [0, 0.1) is 0 Å². The lowest BCUT2D eigenvalue weighted by atomic mass is 10.2. The Kier molecular flexibility index (Phi) is 5.71. The Hall–Kier alpha value is -1.23. The molecule has 0 atom stereocenters. The number of nitrogens with zero attached hydrogens (tertiary/aromatic N) is 3. The van der Waals surface area contributed by atoms with Crippen LogP contribution in [0.2, 0.25) is 0 Å². The Bertz CT molecular complexity index is 507. The van der Waals surface area contributed by atoms with Gasteiger partial charge in [-0.15, -0.1) is 11.3 Å². The van der Waals surface area contributed by atoms with Gasteiger partial charge in [0.1, 0.15) is 0 Å². The van der Waals surface area contributed by atoms with Gasteiger partial charge >= 0.3 is 0 Å². The maximum absolute atomic E-state index is 4.19. The molecule has 2 rings (SSSR count). The highest BCUT2D eigenvalue weighted by atomic mass is 32.1. The second kappa shape index (κ2) is 7.53. The highest BCUT2D eigenvalue weighted by Crippen LogP contribution is 2.18. The molecule has 2 heterocycles. The molecular formula is C16H23N3S. The molecule has 0 aromatic carbocycles. The monoisotopic (exact) mass is 289 g/mol. The molecule has 0 saturated carbocycles. The van der Waals surface area contributed by atoms with Crippen molar-refractivity contribution in [1.82, 2.24) is 14.8 Å². The third-order valence-electron chi connectivity index (χ3n) is 3.16. The van der Waals surface area contributed by atoms with Gasteiger partial charge in [0, 0.05) is 36.9 Å². The molecule has 0 N–H and O–H groups in total. The van der Waals surface area contributed by atoms with Crippen LogP contribution in [0.4, 0.5) is 0 Å². The number of hydrogen-bond donors (Lipinski definition) is 0. The summed E-state index contributed by atoms with van der Waals surface area (Å²) in [5.74, 6) is 0. The first-order valence-electron chi connectivity index (χ1n) is 6.99. The summed E-state index contributed by atoms with van der Waals surface area (Å²) in [5, 5.41) is 2.27. The molecule has 0 aliphatic carbocycles. The smallest absolute Gasteiger partial charge is 0.0331 e. The fraction of sp³-hybridized carbons (Fsp3) is 0.438. The Morgan fingerprint density at radius 3 is 2.65 bits per heavy atom. The summed E-state index contributed by atoms with van der Waals surface area (Å²) >= 11 is 1.86. The number of hydrogen-bond acceptors (Lipinski definition) is 4. The van der Waals surface area contributed by atoms with Gasteiger partial charge in [0.25, 0.3) is 0 Å². The molecule has 0 spiro atoms. The largest absolute Gasteiger partial charge is 0.305 e. The van der Waals surface area contributed by atoms with Crippen LogP contribution in [0.3, 0.4) is 0 Å². The van der Waals surface area contributed by atoms with E-state index in [9.17, 15) is 0 Å². The van der Waals surface area contributed by atoms with E-state index >= 15 is 0 Å². The number of aromatic nitrogens is 1. The fourth-order valence-corrected chi connectivity index (χ4v) is 3.13. The zero-order valence-electron chi connectivity index (χ0n) is 12.5. The maximum Gasteiger partial charge on any atom is 0.0331 e. The molecule has 0 amide bonds. The van der Waals surface area contributed by atoms with Crippen LogP contribution < -0.4 is 0 Å². The van der Waals surface area contributed by atoms with Gasteiger partial charge in [-0.05, 0) is 49.3 Å². The van der Waals surface area contributed by atoms with Gasteiger partial charge in [-0.25, -0.2) is 0 Å². The summed E-state index contributed by atoms with van der Waals surface area (Å²) in [5.41, 5.74) is 2.69. The van der Waals surface area contributed by atoms with Crippen molar-refractivity contribution < 1.29 is 0 Å². The summed E-state index contributed by atoms with van der Waals surface area (Å²) in [7, 11) is 4.22. The summed E-state index contributed by atoms with van der Waals surface area (Å²) in [6.45, 7) is 6.26. The van der Waals surface area contributed by atoms with Gasteiger partial charge in [0.15, 0.2) is 0 Å². The molecule has 0 aliphatic heterocycles. The van der Waals surface area contributed by atoms with Gasteiger partial charge in [0.2, 0.25) is 0 Å². The lowest BCUT2D eigenvalue weighted by molar-refractivity contribution is 0.273. The van der Waals surface area contributed by atoms with Crippen molar-refractivity contribution in [2.75, 3.05) is 20.6 Å². The Balaban J connectivity index is 1.94. The normalized spacial score (nSPS) is 11.4. The number of rotatable bonds is 7. The highest BCUT2D eigenvalue weighted by molar-refractivity contribution is 7.10. The fourth-order valence-electron chi connectivity index (χ4n) is 2.21. The summed E-state index contributed by atoms with van der Waals surface area (Å²) < 4.78 is 0. The minimum absolute atomic E-state index is 0.964. The van der Waals surface area contributed by atoms with Crippen molar-refractivity contribution in [2.24, 2.45) is 0 Å². The molecule has 2 aromatic rings. The van der Waals surface area contributed by atoms with Gasteiger partial charge in [-0.3, -0.25) is 9.88 Å². The first-order chi connectivity index (χ1) is 9.67. The van der Waals surface area contributed by atoms with E-state index in [1.165, 1.54) is 16.0 Å². The molecule has 0 radical (unpaired) electrons. The van der Waals surface area contributed by atoms with Crippen molar-refractivity contribution >= 4 is 11.3 Å². The summed E-state index contributed by atoms with van der Waals surface area (Å²) in [6.07, 6.45) is 3.78. The Morgan fingerprint density at radius 2 is 2.00 bits per heavy atom. The van der Waals surface area contributed by atoms with Crippen LogP contribution in [0.1, 0.15) is 22.9 Å². The average molecular weight is 289 g/mol. The van der Waals surface area contributed by atoms with Crippen LogP contribution in [0.25, 0.3) is 0 Å². The van der Waals surface area contributed by atoms with Gasteiger partial charge in [-0.2, -0.15) is 0 Å². The zero-order chi connectivity index (χ0) is 14.4. The van der Waals surface area contributed by atoms with Crippen LogP contribution >= 0.6 is 11.3 Å². The molecule has 3 nitrogen and oxygen atoms in total. The van der Waals surface area contributed by atoms with Crippen LogP contribution in [0.15, 0.2) is 36.0 Å². The minimum Gasteiger partial charge on any atom is -0.305 e. The average Bonchev–Trinajstić information content (AvgIpc) is 2.85. The van der Waals surface area contributed by atoms with E-state index in [0.29, 0.717) is 0 Å². The van der Waals surface area contributed by atoms with E-state index in [4.69, 9.17) is 0 Å². The van der Waals surface area contributed by atoms with E-state index < -0.39 is 0 Å². The van der Waals surface area contributed by atoms with Gasteiger partial charge in [0.05, 0.1) is 0 Å². The van der Waals surface area contributed by atoms with Gasteiger partial charge in [-0.1, -0.05) is 13.0 Å². The van der Waals surface area contributed by atoms with Crippen LogP contribution in [-0.4, -0.2) is 35.4 Å². The zero-order valence-corrected chi connectivity index (χ0v) is 13.4. The van der Waals surface area contributed by atoms with Crippen molar-refractivity contribution in [1.29, 1.82) is 0 Å². The standard InChI is InChI=1S/C16H23N3S/c1-4-19(11-14-6-5-7-17-9-14)12-16-8-15(13-20-16)10-18(2)3/h5-9,13H,4,10-12H2,1-3H3. The minimum atomic E-state index is 0.964. The van der Waals surface area contributed by atoms with Crippen molar-refractivity contribution in [3.8, 4) is 0 Å². The van der Waals surface area contributed by atoms with E-state index in [1.807, 2.05) is 29.8 Å². The first kappa shape index (κ1) is 15.2. The van der Waals surface area contributed by atoms with Crippen molar-refractivity contribution in [3.63, 3.8) is 0 Å². The second-order valence-electron chi connectivity index (χ2n) is 5.32. The lowest BCUT2D eigenvalue weighted by Crippen LogP contribution is -2.21. The SMILES string of the molecule is CCN(Cc1cccnc1)Cc1cc(CN(C)C)cs1. The predicted octanol–water partition coefficient (Wildman–Crippen LogP) is 3.23. The quantitative estimate of drug-likeness (QED) is 0.780. The molecule has 0 unspecified atom stereocenters. The van der Waals surface area contributed by atoms with Crippen molar-refractivity contribution in [3.05, 3.63) is 52.0 Å². The van der Waals surface area contributed by atoms with Crippen molar-refractivity contribution in [2.45, 2.75) is 26.6 Å². The lowest BCUT2D eigenvalue weighted by Gasteiger charge is -2.19. The summed E-state index contributed by atoms with van der Waals surface area (Å²) in [4.78, 5) is 10.3. The topological polar surface area (TPSA) is 19.4 Å². The molecule has 0 bridgehead atoms. The van der Waals surface area contributed by atoms with Gasteiger partial charge < -0.3 is 4.90 Å². The van der Waals surface area contributed by atoms with E-state index in [2.05, 4.69) is 53.3 Å².